The zero-order valence-electron chi connectivity index (χ0n) is 13.2. The minimum atomic E-state index is 0. The van der Waals surface area contributed by atoms with Gasteiger partial charge in [-0.05, 0) is 50.4 Å². The number of methoxy groups -OCH3 is 2. The molecule has 0 aliphatic carbocycles. The Hall–Kier alpha value is -1.46. The topological polar surface area (TPSA) is 59.6 Å². The standard InChI is InChI=1S/C16H24N2O3.ClH/c1-20-13-4-5-14(15(11-13)21-2)18-16(19)6-3-12-7-9-17-10-8-12;/h4-5,11-12,17H,3,6-10H2,1-2H3,(H,18,19);1H. The van der Waals surface area contributed by atoms with E-state index in [0.29, 0.717) is 29.5 Å². The predicted molar refractivity (Wildman–Crippen MR) is 90.3 cm³/mol. The van der Waals surface area contributed by atoms with Gasteiger partial charge in [-0.25, -0.2) is 0 Å². The van der Waals surface area contributed by atoms with Gasteiger partial charge in [0.2, 0.25) is 5.91 Å². The number of piperidine rings is 1. The van der Waals surface area contributed by atoms with Crippen LogP contribution in [0.15, 0.2) is 18.2 Å². The highest BCUT2D eigenvalue weighted by molar-refractivity contribution is 5.92. The molecular formula is C16H25ClN2O3. The number of nitrogens with one attached hydrogen (secondary N) is 2. The molecule has 1 amide bonds. The number of anilines is 1. The molecule has 0 radical (unpaired) electrons. The van der Waals surface area contributed by atoms with E-state index in [-0.39, 0.29) is 18.3 Å². The first-order valence-corrected chi connectivity index (χ1v) is 7.45. The molecule has 124 valence electrons. The SMILES string of the molecule is COc1ccc(NC(=O)CCC2CCNCC2)c(OC)c1.Cl. The first-order valence-electron chi connectivity index (χ1n) is 7.45. The molecule has 0 atom stereocenters. The van der Waals surface area contributed by atoms with Gasteiger partial charge in [0, 0.05) is 12.5 Å². The van der Waals surface area contributed by atoms with Gasteiger partial charge in [-0.1, -0.05) is 0 Å². The first kappa shape index (κ1) is 18.6. The summed E-state index contributed by atoms with van der Waals surface area (Å²) in [6, 6.07) is 5.38. The molecule has 1 heterocycles. The van der Waals surface area contributed by atoms with Crippen LogP contribution in [-0.4, -0.2) is 33.2 Å². The molecule has 0 bridgehead atoms. The highest BCUT2D eigenvalue weighted by atomic mass is 35.5. The number of hydrogen-bond donors (Lipinski definition) is 2. The largest absolute Gasteiger partial charge is 0.497 e. The number of benzene rings is 1. The van der Waals surface area contributed by atoms with Crippen LogP contribution in [0.5, 0.6) is 11.5 Å². The number of halogens is 1. The average Bonchev–Trinajstić information content (AvgIpc) is 2.54. The Bertz CT molecular complexity index is 476. The van der Waals surface area contributed by atoms with E-state index in [1.165, 1.54) is 12.8 Å². The summed E-state index contributed by atoms with van der Waals surface area (Å²) in [7, 11) is 3.19. The molecule has 22 heavy (non-hydrogen) atoms. The molecule has 1 saturated heterocycles. The zero-order valence-corrected chi connectivity index (χ0v) is 14.0. The van der Waals surface area contributed by atoms with Crippen molar-refractivity contribution < 1.29 is 14.3 Å². The molecule has 2 N–H and O–H groups in total. The molecule has 1 aliphatic heterocycles. The summed E-state index contributed by atoms with van der Waals surface area (Å²) in [6.45, 7) is 2.14. The quantitative estimate of drug-likeness (QED) is 0.843. The van der Waals surface area contributed by atoms with Crippen molar-refractivity contribution in [1.82, 2.24) is 5.32 Å². The number of ether oxygens (including phenoxy) is 2. The van der Waals surface area contributed by atoms with Crippen LogP contribution in [0.4, 0.5) is 5.69 Å². The Kier molecular flexibility index (Phi) is 8.06. The summed E-state index contributed by atoms with van der Waals surface area (Å²) in [5, 5.41) is 6.26. The Labute approximate surface area is 138 Å². The van der Waals surface area contributed by atoms with Crippen LogP contribution in [0.25, 0.3) is 0 Å². The van der Waals surface area contributed by atoms with Crippen LogP contribution in [-0.2, 0) is 4.79 Å². The molecule has 2 rings (SSSR count). The third kappa shape index (κ3) is 5.39. The lowest BCUT2D eigenvalue weighted by atomic mass is 9.93. The van der Waals surface area contributed by atoms with Gasteiger partial charge in [0.1, 0.15) is 11.5 Å². The maximum absolute atomic E-state index is 12.1. The summed E-state index contributed by atoms with van der Waals surface area (Å²) in [5.74, 6) is 2.02. The van der Waals surface area contributed by atoms with Crippen LogP contribution in [0, 0.1) is 5.92 Å². The minimum absolute atomic E-state index is 0. The van der Waals surface area contributed by atoms with E-state index >= 15 is 0 Å². The second kappa shape index (κ2) is 9.54. The van der Waals surface area contributed by atoms with Gasteiger partial charge in [-0.2, -0.15) is 0 Å². The van der Waals surface area contributed by atoms with Crippen LogP contribution in [0.1, 0.15) is 25.7 Å². The second-order valence-electron chi connectivity index (χ2n) is 5.35. The fraction of sp³-hybridized carbons (Fsp3) is 0.562. The summed E-state index contributed by atoms with van der Waals surface area (Å²) in [4.78, 5) is 12.1. The number of carbonyl (C=O) groups is 1. The lowest BCUT2D eigenvalue weighted by Crippen LogP contribution is -2.28. The Morgan fingerprint density at radius 1 is 1.27 bits per heavy atom. The summed E-state index contributed by atoms with van der Waals surface area (Å²) in [6.07, 6.45) is 3.84. The molecular weight excluding hydrogens is 304 g/mol. The molecule has 1 aromatic carbocycles. The summed E-state index contributed by atoms with van der Waals surface area (Å²) in [5.41, 5.74) is 0.689. The van der Waals surface area contributed by atoms with Gasteiger partial charge in [0.05, 0.1) is 19.9 Å². The fourth-order valence-corrected chi connectivity index (χ4v) is 2.62. The van der Waals surface area contributed by atoms with Crippen molar-refractivity contribution in [3.05, 3.63) is 18.2 Å². The maximum atomic E-state index is 12.1. The summed E-state index contributed by atoms with van der Waals surface area (Å²) < 4.78 is 10.4. The van der Waals surface area contributed by atoms with E-state index < -0.39 is 0 Å². The van der Waals surface area contributed by atoms with E-state index in [2.05, 4.69) is 10.6 Å². The Morgan fingerprint density at radius 2 is 2.00 bits per heavy atom. The van der Waals surface area contributed by atoms with Crippen molar-refractivity contribution in [2.75, 3.05) is 32.6 Å². The molecule has 1 aliphatic rings. The van der Waals surface area contributed by atoms with E-state index in [0.717, 1.165) is 19.5 Å². The second-order valence-corrected chi connectivity index (χ2v) is 5.35. The molecule has 5 nitrogen and oxygen atoms in total. The molecule has 1 aromatic rings. The predicted octanol–water partition coefficient (Wildman–Crippen LogP) is 2.84. The van der Waals surface area contributed by atoms with Crippen molar-refractivity contribution in [2.24, 2.45) is 5.92 Å². The van der Waals surface area contributed by atoms with Gasteiger partial charge in [0.15, 0.2) is 0 Å². The minimum Gasteiger partial charge on any atom is -0.497 e. The van der Waals surface area contributed by atoms with Crippen molar-refractivity contribution >= 4 is 24.0 Å². The fourth-order valence-electron chi connectivity index (χ4n) is 2.62. The molecule has 0 spiro atoms. The number of hydrogen-bond acceptors (Lipinski definition) is 4. The van der Waals surface area contributed by atoms with Crippen molar-refractivity contribution in [3.63, 3.8) is 0 Å². The van der Waals surface area contributed by atoms with Gasteiger partial charge in [-0.15, -0.1) is 12.4 Å². The summed E-state index contributed by atoms with van der Waals surface area (Å²) >= 11 is 0. The molecule has 0 aromatic heterocycles. The van der Waals surface area contributed by atoms with Gasteiger partial charge >= 0.3 is 0 Å². The lowest BCUT2D eigenvalue weighted by molar-refractivity contribution is -0.116. The van der Waals surface area contributed by atoms with Crippen molar-refractivity contribution in [2.45, 2.75) is 25.7 Å². The Balaban J connectivity index is 0.00000242. The smallest absolute Gasteiger partial charge is 0.224 e. The monoisotopic (exact) mass is 328 g/mol. The number of carbonyl (C=O) groups excluding carboxylic acids is 1. The third-order valence-corrected chi connectivity index (χ3v) is 3.92. The average molecular weight is 329 g/mol. The lowest BCUT2D eigenvalue weighted by Gasteiger charge is -2.22. The molecule has 6 heteroatoms. The van der Waals surface area contributed by atoms with Crippen molar-refractivity contribution in [1.29, 1.82) is 0 Å². The number of amides is 1. The van der Waals surface area contributed by atoms with E-state index in [4.69, 9.17) is 9.47 Å². The highest BCUT2D eigenvalue weighted by Gasteiger charge is 2.15. The van der Waals surface area contributed by atoms with Crippen LogP contribution in [0.2, 0.25) is 0 Å². The van der Waals surface area contributed by atoms with Gasteiger partial charge < -0.3 is 20.1 Å². The molecule has 1 fully saturated rings. The van der Waals surface area contributed by atoms with Crippen LogP contribution < -0.4 is 20.1 Å². The third-order valence-electron chi connectivity index (χ3n) is 3.92. The van der Waals surface area contributed by atoms with E-state index in [9.17, 15) is 4.79 Å². The zero-order chi connectivity index (χ0) is 15.1. The normalized spacial score (nSPS) is 14.8. The van der Waals surface area contributed by atoms with Crippen molar-refractivity contribution in [3.8, 4) is 11.5 Å². The van der Waals surface area contributed by atoms with Crippen LogP contribution in [0.3, 0.4) is 0 Å². The molecule has 0 unspecified atom stereocenters. The van der Waals surface area contributed by atoms with E-state index in [1.807, 2.05) is 6.07 Å². The van der Waals surface area contributed by atoms with E-state index in [1.54, 1.807) is 26.4 Å². The van der Waals surface area contributed by atoms with Gasteiger partial charge in [0.25, 0.3) is 0 Å². The Morgan fingerprint density at radius 3 is 2.64 bits per heavy atom. The maximum Gasteiger partial charge on any atom is 0.224 e. The van der Waals surface area contributed by atoms with Crippen LogP contribution >= 0.6 is 12.4 Å². The number of rotatable bonds is 6. The first-order chi connectivity index (χ1) is 10.2. The molecule has 0 saturated carbocycles. The van der Waals surface area contributed by atoms with Gasteiger partial charge in [-0.3, -0.25) is 4.79 Å². The highest BCUT2D eigenvalue weighted by Crippen LogP contribution is 2.29.